The average molecular weight is 371 g/mol. The van der Waals surface area contributed by atoms with Crippen LogP contribution in [0.5, 0.6) is 0 Å². The van der Waals surface area contributed by atoms with Gasteiger partial charge < -0.3 is 5.32 Å². The highest BCUT2D eigenvalue weighted by atomic mass is 79.9. The fraction of sp³-hybridized carbons (Fsp3) is 0.417. The monoisotopic (exact) mass is 370 g/mol. The molecule has 118 valence electrons. The first-order valence-corrected chi connectivity index (χ1v) is 7.33. The molecule has 1 N–H and O–H groups in total. The molecule has 1 unspecified atom stereocenters. The van der Waals surface area contributed by atoms with E-state index in [2.05, 4.69) is 31.4 Å². The molecule has 1 amide bonds. The van der Waals surface area contributed by atoms with Crippen LogP contribution in [0.1, 0.15) is 18.7 Å². The first-order valence-electron chi connectivity index (χ1n) is 6.54. The van der Waals surface area contributed by atoms with Crippen LogP contribution in [-0.4, -0.2) is 36.9 Å². The van der Waals surface area contributed by atoms with Crippen molar-refractivity contribution in [3.05, 3.63) is 38.9 Å². The molecule has 2 heterocycles. The first-order chi connectivity index (χ1) is 10.4. The zero-order valence-corrected chi connectivity index (χ0v) is 13.6. The average Bonchev–Trinajstić information content (AvgIpc) is 3.06. The Morgan fingerprint density at radius 2 is 2.27 bits per heavy atom. The largest absolute Gasteiger partial charge is 0.352 e. The van der Waals surface area contributed by atoms with Gasteiger partial charge in [-0.15, -0.1) is 0 Å². The van der Waals surface area contributed by atoms with Gasteiger partial charge in [-0.2, -0.15) is 10.2 Å². The number of nitrogens with zero attached hydrogens (tertiary/aromatic N) is 5. The second-order valence-electron chi connectivity index (χ2n) is 4.73. The predicted molar refractivity (Wildman–Crippen MR) is 81.3 cm³/mol. The molecule has 0 bridgehead atoms. The summed E-state index contributed by atoms with van der Waals surface area (Å²) in [6.45, 7) is 4.26. The van der Waals surface area contributed by atoms with Gasteiger partial charge in [-0.05, 0) is 29.8 Å². The van der Waals surface area contributed by atoms with Crippen molar-refractivity contribution in [1.29, 1.82) is 0 Å². The van der Waals surface area contributed by atoms with Gasteiger partial charge in [0.05, 0.1) is 21.6 Å². The van der Waals surface area contributed by atoms with Crippen LogP contribution in [0.3, 0.4) is 0 Å². The molecule has 0 saturated heterocycles. The summed E-state index contributed by atoms with van der Waals surface area (Å²) in [4.78, 5) is 22.1. The first kappa shape index (κ1) is 16.1. The van der Waals surface area contributed by atoms with Crippen molar-refractivity contribution in [2.24, 2.45) is 0 Å². The van der Waals surface area contributed by atoms with Gasteiger partial charge in [0.15, 0.2) is 0 Å². The minimum atomic E-state index is -0.512. The third-order valence-electron chi connectivity index (χ3n) is 3.10. The van der Waals surface area contributed by atoms with Gasteiger partial charge in [0, 0.05) is 12.7 Å². The summed E-state index contributed by atoms with van der Waals surface area (Å²) in [5.41, 5.74) is 0.736. The number of halogens is 1. The Kier molecular flexibility index (Phi) is 4.91. The van der Waals surface area contributed by atoms with E-state index in [1.165, 1.54) is 17.1 Å². The van der Waals surface area contributed by atoms with E-state index in [9.17, 15) is 14.9 Å². The number of hydrogen-bond donors (Lipinski definition) is 1. The van der Waals surface area contributed by atoms with Crippen LogP contribution in [0.15, 0.2) is 23.1 Å². The SMILES string of the molecule is Cc1nn(C(C)C(=O)NCCn2cc([N+](=O)[O-])cn2)cc1Br. The smallest absolute Gasteiger partial charge is 0.306 e. The number of carbonyl (C=O) groups excluding carboxylic acids is 1. The molecule has 2 aromatic rings. The second-order valence-corrected chi connectivity index (χ2v) is 5.58. The summed E-state index contributed by atoms with van der Waals surface area (Å²) in [6.07, 6.45) is 4.24. The standard InChI is InChI=1S/C12H15BrN6O3/c1-8-11(13)7-18(16-8)9(2)12(20)14-3-4-17-6-10(5-15-17)19(21)22/h5-7,9H,3-4H2,1-2H3,(H,14,20). The summed E-state index contributed by atoms with van der Waals surface area (Å²) in [5.74, 6) is -0.184. The summed E-state index contributed by atoms with van der Waals surface area (Å²) >= 11 is 3.35. The van der Waals surface area contributed by atoms with Gasteiger partial charge in [-0.25, -0.2) is 0 Å². The number of amides is 1. The number of aryl methyl sites for hydroxylation is 1. The molecular weight excluding hydrogens is 356 g/mol. The number of hydrogen-bond acceptors (Lipinski definition) is 5. The van der Waals surface area contributed by atoms with Crippen LogP contribution < -0.4 is 5.32 Å². The number of nitro groups is 1. The highest BCUT2D eigenvalue weighted by Crippen LogP contribution is 2.16. The minimum absolute atomic E-state index is 0.0726. The molecule has 0 aromatic carbocycles. The molecule has 0 radical (unpaired) electrons. The molecule has 0 saturated carbocycles. The molecule has 10 heteroatoms. The predicted octanol–water partition coefficient (Wildman–Crippen LogP) is 1.44. The third kappa shape index (κ3) is 3.70. The zero-order valence-electron chi connectivity index (χ0n) is 12.1. The maximum absolute atomic E-state index is 12.0. The number of aromatic nitrogens is 4. The Morgan fingerprint density at radius 3 is 2.82 bits per heavy atom. The van der Waals surface area contributed by atoms with Gasteiger partial charge in [-0.3, -0.25) is 24.3 Å². The van der Waals surface area contributed by atoms with E-state index in [-0.39, 0.29) is 11.6 Å². The van der Waals surface area contributed by atoms with E-state index in [4.69, 9.17) is 0 Å². The maximum Gasteiger partial charge on any atom is 0.306 e. The molecule has 0 aliphatic heterocycles. The minimum Gasteiger partial charge on any atom is -0.352 e. The third-order valence-corrected chi connectivity index (χ3v) is 3.88. The Hall–Kier alpha value is -2.23. The van der Waals surface area contributed by atoms with Crippen molar-refractivity contribution in [2.45, 2.75) is 26.4 Å². The second kappa shape index (κ2) is 6.69. The van der Waals surface area contributed by atoms with Crippen LogP contribution in [0.25, 0.3) is 0 Å². The van der Waals surface area contributed by atoms with Gasteiger partial charge >= 0.3 is 5.69 Å². The zero-order chi connectivity index (χ0) is 16.3. The highest BCUT2D eigenvalue weighted by molar-refractivity contribution is 9.10. The van der Waals surface area contributed by atoms with Crippen LogP contribution >= 0.6 is 15.9 Å². The fourth-order valence-corrected chi connectivity index (χ4v) is 2.08. The lowest BCUT2D eigenvalue weighted by atomic mass is 10.3. The lowest BCUT2D eigenvalue weighted by Crippen LogP contribution is -2.33. The molecule has 22 heavy (non-hydrogen) atoms. The fourth-order valence-electron chi connectivity index (χ4n) is 1.79. The van der Waals surface area contributed by atoms with Gasteiger partial charge in [-0.1, -0.05) is 0 Å². The Morgan fingerprint density at radius 1 is 1.55 bits per heavy atom. The molecule has 0 spiro atoms. The molecule has 0 fully saturated rings. The Bertz CT molecular complexity index is 675. The molecule has 2 rings (SSSR count). The van der Waals surface area contributed by atoms with Crippen molar-refractivity contribution in [3.63, 3.8) is 0 Å². The lowest BCUT2D eigenvalue weighted by molar-refractivity contribution is -0.385. The van der Waals surface area contributed by atoms with Crippen molar-refractivity contribution in [1.82, 2.24) is 24.9 Å². The Balaban J connectivity index is 1.85. The molecule has 2 aromatic heterocycles. The van der Waals surface area contributed by atoms with Crippen molar-refractivity contribution >= 4 is 27.5 Å². The van der Waals surface area contributed by atoms with E-state index in [0.717, 1.165) is 10.2 Å². The van der Waals surface area contributed by atoms with E-state index in [1.54, 1.807) is 17.8 Å². The summed E-state index contributed by atoms with van der Waals surface area (Å²) in [7, 11) is 0. The lowest BCUT2D eigenvalue weighted by Gasteiger charge is -2.12. The summed E-state index contributed by atoms with van der Waals surface area (Å²) in [6, 6.07) is -0.447. The van der Waals surface area contributed by atoms with E-state index in [0.29, 0.717) is 13.1 Å². The van der Waals surface area contributed by atoms with Gasteiger partial charge in [0.25, 0.3) is 0 Å². The van der Waals surface area contributed by atoms with Crippen LogP contribution in [0, 0.1) is 17.0 Å². The van der Waals surface area contributed by atoms with Crippen molar-refractivity contribution in [2.75, 3.05) is 6.54 Å². The van der Waals surface area contributed by atoms with Crippen LogP contribution in [0.4, 0.5) is 5.69 Å². The molecule has 0 aliphatic carbocycles. The van der Waals surface area contributed by atoms with Gasteiger partial charge in [0.2, 0.25) is 5.91 Å². The van der Waals surface area contributed by atoms with Crippen molar-refractivity contribution < 1.29 is 9.72 Å². The quantitative estimate of drug-likeness (QED) is 0.611. The topological polar surface area (TPSA) is 108 Å². The van der Waals surface area contributed by atoms with Crippen molar-refractivity contribution in [3.8, 4) is 0 Å². The van der Waals surface area contributed by atoms with Crippen LogP contribution in [0.2, 0.25) is 0 Å². The molecule has 9 nitrogen and oxygen atoms in total. The van der Waals surface area contributed by atoms with E-state index in [1.807, 2.05) is 6.92 Å². The summed E-state index contributed by atoms with van der Waals surface area (Å²) in [5, 5.41) is 21.4. The number of rotatable bonds is 6. The van der Waals surface area contributed by atoms with E-state index < -0.39 is 11.0 Å². The van der Waals surface area contributed by atoms with Crippen LogP contribution in [-0.2, 0) is 11.3 Å². The van der Waals surface area contributed by atoms with Gasteiger partial charge in [0.1, 0.15) is 18.4 Å². The number of carbonyl (C=O) groups is 1. The number of nitrogens with one attached hydrogen (secondary N) is 1. The molecule has 1 atom stereocenters. The normalized spacial score (nSPS) is 12.1. The molecule has 0 aliphatic rings. The Labute approximate surface area is 134 Å². The summed E-state index contributed by atoms with van der Waals surface area (Å²) < 4.78 is 3.83. The van der Waals surface area contributed by atoms with E-state index >= 15 is 0 Å². The maximum atomic E-state index is 12.0. The molecular formula is C12H15BrN6O3. The highest BCUT2D eigenvalue weighted by Gasteiger charge is 2.16.